The average Bonchev–Trinajstić information content (AvgIpc) is 3.49. The molecule has 0 amide bonds. The first-order chi connectivity index (χ1) is 17.1. The summed E-state index contributed by atoms with van der Waals surface area (Å²) in [6.45, 7) is 4.24. The highest BCUT2D eigenvalue weighted by Crippen LogP contribution is 2.57. The summed E-state index contributed by atoms with van der Waals surface area (Å²) in [6, 6.07) is 19.1. The number of nitrogens with zero attached hydrogens (tertiary/aromatic N) is 2. The van der Waals surface area contributed by atoms with Crippen LogP contribution in [-0.4, -0.2) is 46.6 Å². The Balaban J connectivity index is 1.01. The quantitative estimate of drug-likeness (QED) is 0.517. The Kier molecular flexibility index (Phi) is 5.91. The van der Waals surface area contributed by atoms with E-state index < -0.39 is 5.97 Å². The highest BCUT2D eigenvalue weighted by Gasteiger charge is 2.57. The van der Waals surface area contributed by atoms with E-state index in [-0.39, 0.29) is 0 Å². The molecule has 2 atom stereocenters. The number of fused-ring (bicyclic) bond motifs is 2. The molecule has 35 heavy (non-hydrogen) atoms. The van der Waals surface area contributed by atoms with Crippen molar-refractivity contribution in [2.24, 2.45) is 5.92 Å². The minimum atomic E-state index is -0.864. The molecule has 6 rings (SSSR count). The molecule has 3 aliphatic rings. The van der Waals surface area contributed by atoms with Crippen LogP contribution in [0.5, 0.6) is 0 Å². The van der Waals surface area contributed by atoms with Crippen LogP contribution in [-0.2, 0) is 18.4 Å². The van der Waals surface area contributed by atoms with Crippen molar-refractivity contribution in [1.82, 2.24) is 15.2 Å². The number of carboxylic acids is 1. The first-order valence-electron chi connectivity index (χ1n) is 12.9. The van der Waals surface area contributed by atoms with Gasteiger partial charge in [-0.25, -0.2) is 4.79 Å². The molecule has 1 aromatic heterocycles. The van der Waals surface area contributed by atoms with Crippen LogP contribution in [0.25, 0.3) is 11.1 Å². The molecule has 1 saturated heterocycles. The van der Waals surface area contributed by atoms with Crippen LogP contribution < -0.4 is 5.32 Å². The Morgan fingerprint density at radius 3 is 2.66 bits per heavy atom. The van der Waals surface area contributed by atoms with Gasteiger partial charge < -0.3 is 10.4 Å². The van der Waals surface area contributed by atoms with Gasteiger partial charge in [-0.1, -0.05) is 36.4 Å². The Morgan fingerprint density at radius 2 is 1.91 bits per heavy atom. The SMILES string of the molecule is O=C(O)c1ccc(CN2CCC(CNC3CC34CCc3ccc(-c5cccnc5)cc34)CC2)cc1. The van der Waals surface area contributed by atoms with Crippen molar-refractivity contribution in [1.29, 1.82) is 0 Å². The zero-order valence-electron chi connectivity index (χ0n) is 20.1. The third-order valence-electron chi connectivity index (χ3n) is 8.52. The summed E-state index contributed by atoms with van der Waals surface area (Å²) in [5.41, 5.74) is 7.48. The molecule has 5 heteroatoms. The maximum absolute atomic E-state index is 11.1. The van der Waals surface area contributed by atoms with Crippen LogP contribution in [0.4, 0.5) is 0 Å². The molecular weight excluding hydrogens is 434 g/mol. The lowest BCUT2D eigenvalue weighted by Crippen LogP contribution is -2.38. The number of hydrogen-bond acceptors (Lipinski definition) is 4. The van der Waals surface area contributed by atoms with Gasteiger partial charge in [0.15, 0.2) is 0 Å². The highest BCUT2D eigenvalue weighted by molar-refractivity contribution is 5.87. The fourth-order valence-corrected chi connectivity index (χ4v) is 6.28. The second-order valence-corrected chi connectivity index (χ2v) is 10.7. The molecule has 2 N–H and O–H groups in total. The van der Waals surface area contributed by atoms with E-state index in [9.17, 15) is 4.79 Å². The topological polar surface area (TPSA) is 65.5 Å². The number of aryl methyl sites for hydroxylation is 1. The van der Waals surface area contributed by atoms with Crippen LogP contribution in [0, 0.1) is 5.92 Å². The Morgan fingerprint density at radius 1 is 1.09 bits per heavy atom. The molecule has 1 saturated carbocycles. The van der Waals surface area contributed by atoms with Crippen LogP contribution in [0.2, 0.25) is 0 Å². The minimum Gasteiger partial charge on any atom is -0.478 e. The number of rotatable bonds is 7. The van der Waals surface area contributed by atoms with Gasteiger partial charge in [-0.2, -0.15) is 0 Å². The lowest BCUT2D eigenvalue weighted by atomic mass is 9.93. The molecule has 2 aliphatic carbocycles. The summed E-state index contributed by atoms with van der Waals surface area (Å²) >= 11 is 0. The average molecular weight is 468 g/mol. The Hall–Kier alpha value is -3.02. The monoisotopic (exact) mass is 467 g/mol. The third-order valence-corrected chi connectivity index (χ3v) is 8.52. The number of aromatic nitrogens is 1. The van der Waals surface area contributed by atoms with Crippen LogP contribution >= 0.6 is 0 Å². The maximum atomic E-state index is 11.1. The number of pyridine rings is 1. The van der Waals surface area contributed by atoms with Crippen molar-refractivity contribution in [3.8, 4) is 11.1 Å². The first-order valence-corrected chi connectivity index (χ1v) is 12.9. The lowest BCUT2D eigenvalue weighted by molar-refractivity contribution is 0.0697. The molecule has 1 aliphatic heterocycles. The molecule has 0 bridgehead atoms. The number of likely N-dealkylation sites (tertiary alicyclic amines) is 1. The summed E-state index contributed by atoms with van der Waals surface area (Å²) < 4.78 is 0. The van der Waals surface area contributed by atoms with E-state index in [4.69, 9.17) is 5.11 Å². The summed E-state index contributed by atoms with van der Waals surface area (Å²) in [5.74, 6) is -0.127. The highest BCUT2D eigenvalue weighted by atomic mass is 16.4. The van der Waals surface area contributed by atoms with Gasteiger partial charge in [-0.3, -0.25) is 9.88 Å². The van der Waals surface area contributed by atoms with Gasteiger partial charge in [0.05, 0.1) is 5.56 Å². The molecular formula is C30H33N3O2. The summed E-state index contributed by atoms with van der Waals surface area (Å²) in [7, 11) is 0. The predicted octanol–water partition coefficient (Wildman–Crippen LogP) is 4.90. The number of benzene rings is 2. The molecule has 2 heterocycles. The molecule has 0 radical (unpaired) electrons. The molecule has 2 aromatic carbocycles. The number of carboxylic acid groups (broad SMARTS) is 1. The maximum Gasteiger partial charge on any atom is 0.335 e. The molecule has 2 unspecified atom stereocenters. The number of piperidine rings is 1. The standard InChI is InChI=1S/C30H33N3O2/c34-29(35)24-5-3-22(4-6-24)20-33-14-10-21(11-15-33)18-32-28-17-30(28)12-9-23-7-8-25(16-27(23)30)26-2-1-13-31-19-26/h1-8,13,16,19,21,28,32H,9-12,14-15,17-18,20H2,(H,34,35). The molecule has 1 spiro atoms. The predicted molar refractivity (Wildman–Crippen MR) is 137 cm³/mol. The van der Waals surface area contributed by atoms with E-state index in [1.54, 1.807) is 17.7 Å². The van der Waals surface area contributed by atoms with E-state index in [1.165, 1.54) is 54.4 Å². The molecule has 180 valence electrons. The number of hydrogen-bond donors (Lipinski definition) is 2. The number of carbonyl (C=O) groups is 1. The normalized spacial score (nSPS) is 23.9. The van der Waals surface area contributed by atoms with Gasteiger partial charge in [-0.15, -0.1) is 0 Å². The van der Waals surface area contributed by atoms with Crippen molar-refractivity contribution in [2.45, 2.75) is 50.1 Å². The zero-order chi connectivity index (χ0) is 23.8. The number of nitrogens with one attached hydrogen (secondary N) is 1. The summed E-state index contributed by atoms with van der Waals surface area (Å²) in [6.07, 6.45) is 9.99. The molecule has 2 fully saturated rings. The van der Waals surface area contributed by atoms with Crippen LogP contribution in [0.1, 0.15) is 52.7 Å². The van der Waals surface area contributed by atoms with E-state index in [0.29, 0.717) is 17.0 Å². The van der Waals surface area contributed by atoms with Gasteiger partial charge in [0.25, 0.3) is 0 Å². The number of aromatic carboxylic acids is 1. The van der Waals surface area contributed by atoms with E-state index in [2.05, 4.69) is 39.5 Å². The first kappa shape index (κ1) is 22.4. The second kappa shape index (κ2) is 9.21. The van der Waals surface area contributed by atoms with Crippen molar-refractivity contribution in [2.75, 3.05) is 19.6 Å². The summed E-state index contributed by atoms with van der Waals surface area (Å²) in [4.78, 5) is 17.9. The van der Waals surface area contributed by atoms with Gasteiger partial charge in [0.2, 0.25) is 0 Å². The van der Waals surface area contributed by atoms with Crippen molar-refractivity contribution < 1.29 is 9.90 Å². The fraction of sp³-hybridized carbons (Fsp3) is 0.400. The molecule has 5 nitrogen and oxygen atoms in total. The summed E-state index contributed by atoms with van der Waals surface area (Å²) in [5, 5.41) is 13.0. The van der Waals surface area contributed by atoms with E-state index in [0.717, 1.165) is 32.1 Å². The fourth-order valence-electron chi connectivity index (χ4n) is 6.28. The second-order valence-electron chi connectivity index (χ2n) is 10.7. The van der Waals surface area contributed by atoms with E-state index in [1.807, 2.05) is 30.6 Å². The van der Waals surface area contributed by atoms with Crippen molar-refractivity contribution in [3.05, 3.63) is 89.2 Å². The minimum absolute atomic E-state index is 0.344. The van der Waals surface area contributed by atoms with Gasteiger partial charge in [0, 0.05) is 30.4 Å². The lowest BCUT2D eigenvalue weighted by Gasteiger charge is -2.32. The van der Waals surface area contributed by atoms with Crippen molar-refractivity contribution in [3.63, 3.8) is 0 Å². The van der Waals surface area contributed by atoms with Gasteiger partial charge >= 0.3 is 5.97 Å². The smallest absolute Gasteiger partial charge is 0.335 e. The Bertz CT molecular complexity index is 1200. The largest absolute Gasteiger partial charge is 0.478 e. The van der Waals surface area contributed by atoms with Crippen LogP contribution in [0.15, 0.2) is 67.0 Å². The van der Waals surface area contributed by atoms with E-state index >= 15 is 0 Å². The van der Waals surface area contributed by atoms with Gasteiger partial charge in [0.1, 0.15) is 0 Å². The van der Waals surface area contributed by atoms with Crippen molar-refractivity contribution >= 4 is 5.97 Å². The zero-order valence-corrected chi connectivity index (χ0v) is 20.1. The third kappa shape index (κ3) is 4.51. The Labute approximate surface area is 207 Å². The molecule has 3 aromatic rings. The van der Waals surface area contributed by atoms with Gasteiger partial charge in [-0.05, 0) is 104 Å². The van der Waals surface area contributed by atoms with Crippen LogP contribution in [0.3, 0.4) is 0 Å².